The normalized spacial score (nSPS) is 21.4. The van der Waals surface area contributed by atoms with Crippen LogP contribution in [0.1, 0.15) is 23.2 Å². The molecule has 2 aliphatic rings. The molecule has 7 nitrogen and oxygen atoms in total. The molecule has 0 spiro atoms. The van der Waals surface area contributed by atoms with E-state index in [1.54, 1.807) is 35.9 Å². The van der Waals surface area contributed by atoms with Crippen molar-refractivity contribution < 1.29 is 9.59 Å². The van der Waals surface area contributed by atoms with Gasteiger partial charge in [-0.3, -0.25) is 19.6 Å². The first-order chi connectivity index (χ1) is 11.1. The van der Waals surface area contributed by atoms with Gasteiger partial charge in [0.1, 0.15) is 0 Å². The lowest BCUT2D eigenvalue weighted by atomic mass is 9.96. The lowest BCUT2D eigenvalue weighted by Gasteiger charge is -2.33. The Labute approximate surface area is 152 Å². The lowest BCUT2D eigenvalue weighted by Crippen LogP contribution is -2.48. The quantitative estimate of drug-likeness (QED) is 0.802. The van der Waals surface area contributed by atoms with Gasteiger partial charge in [-0.25, -0.2) is 0 Å². The number of nitrogens with one attached hydrogen (secondary N) is 2. The van der Waals surface area contributed by atoms with Crippen molar-refractivity contribution in [2.75, 3.05) is 31.3 Å². The van der Waals surface area contributed by atoms with Crippen LogP contribution >= 0.6 is 24.2 Å². The molecule has 0 radical (unpaired) electrons. The minimum Gasteiger partial charge on any atom is -0.352 e. The zero-order chi connectivity index (χ0) is 16.2. The molecule has 2 amide bonds. The number of hydrogen-bond donors (Lipinski definition) is 2. The summed E-state index contributed by atoms with van der Waals surface area (Å²) >= 11 is 1.77. The maximum Gasteiger partial charge on any atom is 0.254 e. The van der Waals surface area contributed by atoms with Gasteiger partial charge in [0.15, 0.2) is 0 Å². The van der Waals surface area contributed by atoms with Crippen molar-refractivity contribution in [2.24, 2.45) is 13.0 Å². The number of aromatic nitrogens is 2. The van der Waals surface area contributed by atoms with Crippen LogP contribution in [0.4, 0.5) is 0 Å². The van der Waals surface area contributed by atoms with E-state index in [1.807, 2.05) is 4.90 Å². The topological polar surface area (TPSA) is 79.3 Å². The summed E-state index contributed by atoms with van der Waals surface area (Å²) in [6, 6.07) is -0.0122. The van der Waals surface area contributed by atoms with E-state index in [0.717, 1.165) is 37.6 Å². The molecule has 2 aliphatic heterocycles. The summed E-state index contributed by atoms with van der Waals surface area (Å²) in [6.07, 6.45) is 5.17. The number of hydrogen-bond acceptors (Lipinski definition) is 5. The number of thioether (sulfide) groups is 1. The number of aryl methyl sites for hydroxylation is 1. The highest BCUT2D eigenvalue weighted by atomic mass is 35.5. The van der Waals surface area contributed by atoms with Crippen molar-refractivity contribution in [1.82, 2.24) is 25.3 Å². The third kappa shape index (κ3) is 4.64. The first-order valence-corrected chi connectivity index (χ1v) is 9.15. The fourth-order valence-corrected chi connectivity index (χ4v) is 3.94. The number of carbonyl (C=O) groups excluding carboxylic acids is 2. The van der Waals surface area contributed by atoms with Crippen LogP contribution in [0.2, 0.25) is 0 Å². The number of piperidine rings is 1. The molecule has 2 saturated heterocycles. The maximum atomic E-state index is 12.3. The predicted molar refractivity (Wildman–Crippen MR) is 96.3 cm³/mol. The predicted octanol–water partition coefficient (Wildman–Crippen LogP) is 0.473. The highest BCUT2D eigenvalue weighted by molar-refractivity contribution is 7.99. The zero-order valence-electron chi connectivity index (χ0n) is 13.7. The van der Waals surface area contributed by atoms with Gasteiger partial charge in [-0.2, -0.15) is 5.10 Å². The molecule has 3 heterocycles. The maximum absolute atomic E-state index is 12.3. The van der Waals surface area contributed by atoms with Crippen LogP contribution in [0.3, 0.4) is 0 Å². The van der Waals surface area contributed by atoms with Gasteiger partial charge in [0.25, 0.3) is 5.91 Å². The highest BCUT2D eigenvalue weighted by Gasteiger charge is 2.30. The van der Waals surface area contributed by atoms with E-state index in [0.29, 0.717) is 18.0 Å². The number of likely N-dealkylation sites (tertiary alicyclic amines) is 1. The number of carbonyl (C=O) groups is 2. The fourth-order valence-electron chi connectivity index (χ4n) is 3.01. The van der Waals surface area contributed by atoms with E-state index in [9.17, 15) is 9.59 Å². The van der Waals surface area contributed by atoms with E-state index in [4.69, 9.17) is 0 Å². The van der Waals surface area contributed by atoms with Gasteiger partial charge in [0.2, 0.25) is 5.91 Å². The second-order valence-corrected chi connectivity index (χ2v) is 7.18. The fraction of sp³-hybridized carbons (Fsp3) is 0.667. The summed E-state index contributed by atoms with van der Waals surface area (Å²) in [5.74, 6) is 2.33. The highest BCUT2D eigenvalue weighted by Crippen LogP contribution is 2.19. The molecular weight excluding hydrogens is 350 g/mol. The number of halogens is 1. The van der Waals surface area contributed by atoms with Crippen LogP contribution in [0, 0.1) is 5.92 Å². The van der Waals surface area contributed by atoms with E-state index >= 15 is 0 Å². The number of amides is 2. The minimum atomic E-state index is -0.0798. The van der Waals surface area contributed by atoms with Gasteiger partial charge in [-0.1, -0.05) is 0 Å². The molecule has 0 aliphatic carbocycles. The molecule has 134 valence electrons. The molecule has 0 bridgehead atoms. The zero-order valence-corrected chi connectivity index (χ0v) is 15.4. The van der Waals surface area contributed by atoms with Gasteiger partial charge < -0.3 is 10.2 Å². The Morgan fingerprint density at radius 2 is 2.17 bits per heavy atom. The molecule has 1 aromatic rings. The number of rotatable bonds is 4. The summed E-state index contributed by atoms with van der Waals surface area (Å²) in [6.45, 7) is 2.23. The molecule has 2 N–H and O–H groups in total. The average molecular weight is 374 g/mol. The first kappa shape index (κ1) is 19.1. The second-order valence-electron chi connectivity index (χ2n) is 6.15. The summed E-state index contributed by atoms with van der Waals surface area (Å²) in [5, 5.41) is 10.2. The van der Waals surface area contributed by atoms with Crippen molar-refractivity contribution in [3.63, 3.8) is 0 Å². The van der Waals surface area contributed by atoms with Crippen LogP contribution in [-0.4, -0.2) is 63.8 Å². The number of nitrogens with zero attached hydrogens (tertiary/aromatic N) is 3. The molecule has 0 aromatic carbocycles. The van der Waals surface area contributed by atoms with E-state index in [-0.39, 0.29) is 30.3 Å². The van der Waals surface area contributed by atoms with Crippen molar-refractivity contribution in [3.05, 3.63) is 18.0 Å². The largest absolute Gasteiger partial charge is 0.352 e. The summed E-state index contributed by atoms with van der Waals surface area (Å²) in [5.41, 5.74) is 0.588. The van der Waals surface area contributed by atoms with Gasteiger partial charge in [0.05, 0.1) is 17.8 Å². The van der Waals surface area contributed by atoms with Crippen molar-refractivity contribution >= 4 is 36.0 Å². The minimum absolute atomic E-state index is 0. The SMILES string of the molecule is Cl.Cn1cc(C(=O)NCC2CCN(C(=O)C3CSCN3)CC2)cn1. The van der Waals surface area contributed by atoms with Crippen LogP contribution in [0.15, 0.2) is 12.4 Å². The van der Waals surface area contributed by atoms with Crippen LogP contribution in [0.5, 0.6) is 0 Å². The summed E-state index contributed by atoms with van der Waals surface area (Å²) in [7, 11) is 1.79. The van der Waals surface area contributed by atoms with E-state index < -0.39 is 0 Å². The van der Waals surface area contributed by atoms with Crippen LogP contribution in [0.25, 0.3) is 0 Å². The molecule has 1 aromatic heterocycles. The molecule has 3 rings (SSSR count). The summed E-state index contributed by atoms with van der Waals surface area (Å²) < 4.78 is 1.62. The third-order valence-corrected chi connectivity index (χ3v) is 5.40. The second kappa shape index (κ2) is 8.73. The monoisotopic (exact) mass is 373 g/mol. The van der Waals surface area contributed by atoms with Gasteiger partial charge in [-0.05, 0) is 18.8 Å². The molecular formula is C15H24ClN5O2S. The molecule has 24 heavy (non-hydrogen) atoms. The van der Waals surface area contributed by atoms with Crippen LogP contribution < -0.4 is 10.6 Å². The Morgan fingerprint density at radius 1 is 1.42 bits per heavy atom. The van der Waals surface area contributed by atoms with Gasteiger partial charge in [-0.15, -0.1) is 24.2 Å². The smallest absolute Gasteiger partial charge is 0.254 e. The Kier molecular flexibility index (Phi) is 6.94. The standard InChI is InChI=1S/C15H23N5O2S.ClH/c1-19-8-12(7-18-19)14(21)16-6-11-2-4-20(5-3-11)15(22)13-9-23-10-17-13;/h7-8,11,13,17H,2-6,9-10H2,1H3,(H,16,21);1H. The summed E-state index contributed by atoms with van der Waals surface area (Å²) in [4.78, 5) is 26.3. The average Bonchev–Trinajstić information content (AvgIpc) is 3.24. The van der Waals surface area contributed by atoms with Gasteiger partial charge in [0, 0.05) is 44.5 Å². The Hall–Kier alpha value is -1.25. The molecule has 9 heteroatoms. The third-order valence-electron chi connectivity index (χ3n) is 4.46. The molecule has 1 unspecified atom stereocenters. The Balaban J connectivity index is 0.00000208. The van der Waals surface area contributed by atoms with Crippen molar-refractivity contribution in [1.29, 1.82) is 0 Å². The lowest BCUT2D eigenvalue weighted by molar-refractivity contribution is -0.134. The van der Waals surface area contributed by atoms with Crippen molar-refractivity contribution in [3.8, 4) is 0 Å². The molecule has 1 atom stereocenters. The van der Waals surface area contributed by atoms with Gasteiger partial charge >= 0.3 is 0 Å². The van der Waals surface area contributed by atoms with Crippen LogP contribution in [-0.2, 0) is 11.8 Å². The van der Waals surface area contributed by atoms with E-state index in [2.05, 4.69) is 15.7 Å². The Bertz CT molecular complexity index is 568. The van der Waals surface area contributed by atoms with Crippen molar-refractivity contribution in [2.45, 2.75) is 18.9 Å². The molecule has 2 fully saturated rings. The molecule has 0 saturated carbocycles. The first-order valence-electron chi connectivity index (χ1n) is 8.00. The van der Waals surface area contributed by atoms with E-state index in [1.165, 1.54) is 0 Å². The Morgan fingerprint density at radius 3 is 2.75 bits per heavy atom.